The largest absolute Gasteiger partial charge is 0.363 e. The van der Waals surface area contributed by atoms with Crippen LogP contribution in [0.5, 0.6) is 0 Å². The number of Topliss-reactive ketones (excluding diaryl/α,β-unsaturated/α-hetero) is 1. The number of halogens is 2. The molecule has 92 valence electrons. The third kappa shape index (κ3) is 3.28. The topological polar surface area (TPSA) is 42.0 Å². The number of rotatable bonds is 4. The molecule has 0 fully saturated rings. The van der Waals surface area contributed by atoms with Gasteiger partial charge in [-0.05, 0) is 36.4 Å². The molecule has 0 saturated carbocycles. The number of nitrogens with one attached hydrogen (secondary N) is 1. The van der Waals surface area contributed by atoms with Crippen LogP contribution in [0.1, 0.15) is 10.4 Å². The molecule has 0 radical (unpaired) electrons. The number of aromatic nitrogens is 1. The summed E-state index contributed by atoms with van der Waals surface area (Å²) in [6.07, 6.45) is 0. The molecule has 1 aromatic heterocycles. The van der Waals surface area contributed by atoms with E-state index >= 15 is 0 Å². The Kier molecular flexibility index (Phi) is 3.89. The molecule has 0 spiro atoms. The molecule has 18 heavy (non-hydrogen) atoms. The number of pyridine rings is 1. The fraction of sp³-hybridized carbons (Fsp3) is 0.0769. The third-order valence-corrected chi connectivity index (χ3v) is 2.52. The van der Waals surface area contributed by atoms with E-state index in [-0.39, 0.29) is 18.1 Å². The maximum absolute atomic E-state index is 12.7. The maximum Gasteiger partial charge on any atom is 0.181 e. The number of carbonyl (C=O) groups is 1. The van der Waals surface area contributed by atoms with E-state index in [0.29, 0.717) is 16.5 Å². The van der Waals surface area contributed by atoms with E-state index in [1.165, 1.54) is 24.3 Å². The van der Waals surface area contributed by atoms with Gasteiger partial charge in [-0.25, -0.2) is 9.37 Å². The van der Waals surface area contributed by atoms with Gasteiger partial charge in [0, 0.05) is 5.56 Å². The smallest absolute Gasteiger partial charge is 0.181 e. The summed E-state index contributed by atoms with van der Waals surface area (Å²) in [6.45, 7) is 0.0823. The van der Waals surface area contributed by atoms with Gasteiger partial charge in [-0.3, -0.25) is 4.79 Å². The molecule has 1 heterocycles. The highest BCUT2D eigenvalue weighted by Gasteiger charge is 2.06. The molecule has 0 aliphatic rings. The van der Waals surface area contributed by atoms with Gasteiger partial charge in [0.15, 0.2) is 5.78 Å². The molecule has 1 aromatic carbocycles. The minimum Gasteiger partial charge on any atom is -0.363 e. The summed E-state index contributed by atoms with van der Waals surface area (Å²) in [5, 5.41) is 3.22. The van der Waals surface area contributed by atoms with E-state index in [2.05, 4.69) is 10.3 Å². The van der Waals surface area contributed by atoms with Crippen molar-refractivity contribution in [3.05, 3.63) is 59.0 Å². The van der Waals surface area contributed by atoms with Crippen LogP contribution in [0.25, 0.3) is 0 Å². The SMILES string of the molecule is O=C(CNc1cccc(Cl)n1)c1ccc(F)cc1. The van der Waals surface area contributed by atoms with Gasteiger partial charge in [0.2, 0.25) is 0 Å². The second-order valence-electron chi connectivity index (χ2n) is 3.63. The maximum atomic E-state index is 12.7. The minimum absolute atomic E-state index is 0.0823. The molecular formula is C13H10ClFN2O. The first-order valence-corrected chi connectivity index (χ1v) is 5.68. The molecule has 0 amide bonds. The van der Waals surface area contributed by atoms with Gasteiger partial charge in [-0.2, -0.15) is 0 Å². The van der Waals surface area contributed by atoms with E-state index < -0.39 is 0 Å². The van der Waals surface area contributed by atoms with E-state index in [0.717, 1.165) is 0 Å². The molecule has 0 aliphatic carbocycles. The lowest BCUT2D eigenvalue weighted by atomic mass is 10.1. The van der Waals surface area contributed by atoms with Crippen molar-refractivity contribution in [2.75, 3.05) is 11.9 Å². The van der Waals surface area contributed by atoms with Crippen LogP contribution in [0.15, 0.2) is 42.5 Å². The number of benzene rings is 1. The van der Waals surface area contributed by atoms with Gasteiger partial charge in [0.05, 0.1) is 6.54 Å². The number of carbonyl (C=O) groups excluding carboxylic acids is 1. The minimum atomic E-state index is -0.365. The zero-order valence-electron chi connectivity index (χ0n) is 9.36. The lowest BCUT2D eigenvalue weighted by Gasteiger charge is -2.05. The fourth-order valence-corrected chi connectivity index (χ4v) is 1.58. The second kappa shape index (κ2) is 5.60. The van der Waals surface area contributed by atoms with Crippen LogP contribution in [-0.2, 0) is 0 Å². The summed E-state index contributed by atoms with van der Waals surface area (Å²) in [4.78, 5) is 15.8. The van der Waals surface area contributed by atoms with Crippen LogP contribution in [0, 0.1) is 5.82 Å². The number of anilines is 1. The zero-order valence-corrected chi connectivity index (χ0v) is 10.1. The predicted molar refractivity (Wildman–Crippen MR) is 68.5 cm³/mol. The molecule has 0 unspecified atom stereocenters. The molecule has 2 aromatic rings. The first-order chi connectivity index (χ1) is 8.65. The van der Waals surface area contributed by atoms with Gasteiger partial charge in [-0.1, -0.05) is 17.7 Å². The van der Waals surface area contributed by atoms with Crippen LogP contribution in [0.4, 0.5) is 10.2 Å². The average molecular weight is 265 g/mol. The van der Waals surface area contributed by atoms with Crippen LogP contribution in [0.3, 0.4) is 0 Å². The summed E-state index contributed by atoms with van der Waals surface area (Å²) in [6, 6.07) is 10.5. The summed E-state index contributed by atoms with van der Waals surface area (Å²) in [5.74, 6) is 0.0192. The number of hydrogen-bond donors (Lipinski definition) is 1. The first kappa shape index (κ1) is 12.5. The molecule has 2 rings (SSSR count). The van der Waals surface area contributed by atoms with E-state index in [9.17, 15) is 9.18 Å². The Morgan fingerprint density at radius 3 is 2.61 bits per heavy atom. The van der Waals surface area contributed by atoms with Gasteiger partial charge in [0.25, 0.3) is 0 Å². The average Bonchev–Trinajstić information content (AvgIpc) is 2.37. The summed E-state index contributed by atoms with van der Waals surface area (Å²) >= 11 is 5.72. The highest BCUT2D eigenvalue weighted by atomic mass is 35.5. The van der Waals surface area contributed by atoms with Gasteiger partial charge >= 0.3 is 0 Å². The quantitative estimate of drug-likeness (QED) is 0.681. The number of nitrogens with zero attached hydrogens (tertiary/aromatic N) is 1. The van der Waals surface area contributed by atoms with E-state index in [4.69, 9.17) is 11.6 Å². The second-order valence-corrected chi connectivity index (χ2v) is 4.02. The van der Waals surface area contributed by atoms with Crippen LogP contribution in [0.2, 0.25) is 5.15 Å². The van der Waals surface area contributed by atoms with E-state index in [1.807, 2.05) is 0 Å². The number of hydrogen-bond acceptors (Lipinski definition) is 3. The summed E-state index contributed by atoms with van der Waals surface area (Å²) in [5.41, 5.74) is 0.450. The van der Waals surface area contributed by atoms with Gasteiger partial charge < -0.3 is 5.32 Å². The van der Waals surface area contributed by atoms with E-state index in [1.54, 1.807) is 18.2 Å². The molecule has 0 saturated heterocycles. The van der Waals surface area contributed by atoms with Crippen molar-refractivity contribution >= 4 is 23.2 Å². The Labute approximate surface area is 109 Å². The molecule has 5 heteroatoms. The lowest BCUT2D eigenvalue weighted by molar-refractivity contribution is 0.101. The van der Waals surface area contributed by atoms with Gasteiger partial charge in [-0.15, -0.1) is 0 Å². The lowest BCUT2D eigenvalue weighted by Crippen LogP contribution is -2.14. The standard InChI is InChI=1S/C13H10ClFN2O/c14-12-2-1-3-13(17-12)16-8-11(18)9-4-6-10(15)7-5-9/h1-7H,8H2,(H,16,17). The van der Waals surface area contributed by atoms with Crippen molar-refractivity contribution in [3.8, 4) is 0 Å². The van der Waals surface area contributed by atoms with Gasteiger partial charge in [0.1, 0.15) is 16.8 Å². The Hall–Kier alpha value is -1.94. The van der Waals surface area contributed by atoms with Crippen molar-refractivity contribution in [1.82, 2.24) is 4.98 Å². The highest BCUT2D eigenvalue weighted by Crippen LogP contribution is 2.09. The molecule has 0 atom stereocenters. The van der Waals surface area contributed by atoms with Crippen molar-refractivity contribution in [2.45, 2.75) is 0 Å². The highest BCUT2D eigenvalue weighted by molar-refractivity contribution is 6.29. The Morgan fingerprint density at radius 1 is 1.22 bits per heavy atom. The fourth-order valence-electron chi connectivity index (χ4n) is 1.42. The first-order valence-electron chi connectivity index (χ1n) is 5.30. The summed E-state index contributed by atoms with van der Waals surface area (Å²) in [7, 11) is 0. The molecule has 3 nitrogen and oxygen atoms in total. The van der Waals surface area contributed by atoms with Crippen molar-refractivity contribution < 1.29 is 9.18 Å². The molecule has 0 bridgehead atoms. The third-order valence-electron chi connectivity index (χ3n) is 2.31. The Morgan fingerprint density at radius 2 is 1.94 bits per heavy atom. The summed E-state index contributed by atoms with van der Waals surface area (Å²) < 4.78 is 12.7. The van der Waals surface area contributed by atoms with Crippen LogP contribution in [-0.4, -0.2) is 17.3 Å². The van der Waals surface area contributed by atoms with Crippen LogP contribution < -0.4 is 5.32 Å². The van der Waals surface area contributed by atoms with Crippen molar-refractivity contribution in [2.24, 2.45) is 0 Å². The van der Waals surface area contributed by atoms with Crippen LogP contribution >= 0.6 is 11.6 Å². The van der Waals surface area contributed by atoms with Crippen molar-refractivity contribution in [3.63, 3.8) is 0 Å². The monoisotopic (exact) mass is 264 g/mol. The predicted octanol–water partition coefficient (Wildman–Crippen LogP) is 3.17. The number of ketones is 1. The molecular weight excluding hydrogens is 255 g/mol. The van der Waals surface area contributed by atoms with Crippen molar-refractivity contribution in [1.29, 1.82) is 0 Å². The Bertz CT molecular complexity index is 557. The normalized spacial score (nSPS) is 10.1. The zero-order chi connectivity index (χ0) is 13.0. The Balaban J connectivity index is 1.98. The molecule has 1 N–H and O–H groups in total. The molecule has 0 aliphatic heterocycles.